The molecule has 0 aromatic rings. The first-order valence-corrected chi connectivity index (χ1v) is 7.27. The zero-order valence-corrected chi connectivity index (χ0v) is 11.6. The number of nitrogens with one attached hydrogen (secondary N) is 1. The molecule has 19 heavy (non-hydrogen) atoms. The summed E-state index contributed by atoms with van der Waals surface area (Å²) in [6.07, 6.45) is 2.48. The Kier molecular flexibility index (Phi) is 8.98. The van der Waals surface area contributed by atoms with E-state index in [1.54, 1.807) is 11.8 Å². The van der Waals surface area contributed by atoms with Crippen LogP contribution in [0.3, 0.4) is 0 Å². The summed E-state index contributed by atoms with van der Waals surface area (Å²) in [5.41, 5.74) is 5.62. The molecule has 5 N–H and O–H groups in total. The van der Waals surface area contributed by atoms with E-state index in [4.69, 9.17) is 15.9 Å². The lowest BCUT2D eigenvalue weighted by atomic mass is 10.1. The number of hydrogen-bond acceptors (Lipinski definition) is 5. The van der Waals surface area contributed by atoms with Crippen molar-refractivity contribution in [2.24, 2.45) is 5.73 Å². The Hall–Kier alpha value is -1.28. The van der Waals surface area contributed by atoms with Crippen LogP contribution < -0.4 is 11.1 Å². The number of aliphatic carboxylic acids is 2. The third-order valence-corrected chi connectivity index (χ3v) is 3.11. The number of rotatable bonds is 10. The van der Waals surface area contributed by atoms with Gasteiger partial charge in [-0.05, 0) is 31.3 Å². The molecule has 0 aliphatic rings. The van der Waals surface area contributed by atoms with E-state index in [0.717, 1.165) is 0 Å². The Morgan fingerprint density at radius 3 is 2.37 bits per heavy atom. The molecule has 0 spiro atoms. The highest BCUT2D eigenvalue weighted by atomic mass is 32.2. The van der Waals surface area contributed by atoms with Gasteiger partial charge in [-0.3, -0.25) is 9.59 Å². The number of carbonyl (C=O) groups excluding carboxylic acids is 1. The van der Waals surface area contributed by atoms with Gasteiger partial charge in [-0.1, -0.05) is 0 Å². The first kappa shape index (κ1) is 17.7. The Labute approximate surface area is 115 Å². The molecule has 0 heterocycles. The molecule has 0 saturated carbocycles. The largest absolute Gasteiger partial charge is 0.481 e. The van der Waals surface area contributed by atoms with E-state index in [1.165, 1.54) is 0 Å². The molecule has 0 aliphatic heterocycles. The fourth-order valence-corrected chi connectivity index (χ4v) is 1.86. The summed E-state index contributed by atoms with van der Waals surface area (Å²) >= 11 is 1.55. The molecule has 0 fully saturated rings. The minimum absolute atomic E-state index is 0.0720. The second-order valence-electron chi connectivity index (χ2n) is 4.07. The van der Waals surface area contributed by atoms with Gasteiger partial charge in [0.1, 0.15) is 6.04 Å². The van der Waals surface area contributed by atoms with E-state index in [0.29, 0.717) is 12.2 Å². The molecule has 0 aliphatic carbocycles. The van der Waals surface area contributed by atoms with Crippen molar-refractivity contribution in [1.29, 1.82) is 0 Å². The van der Waals surface area contributed by atoms with Crippen LogP contribution in [0, 0.1) is 0 Å². The van der Waals surface area contributed by atoms with Crippen molar-refractivity contribution >= 4 is 29.6 Å². The van der Waals surface area contributed by atoms with E-state index in [-0.39, 0.29) is 19.3 Å². The van der Waals surface area contributed by atoms with Gasteiger partial charge in [-0.2, -0.15) is 11.8 Å². The summed E-state index contributed by atoms with van der Waals surface area (Å²) < 4.78 is 0. The molecule has 0 aromatic carbocycles. The van der Waals surface area contributed by atoms with E-state index >= 15 is 0 Å². The predicted octanol–water partition coefficient (Wildman–Crippen LogP) is -0.109. The quantitative estimate of drug-likeness (QED) is 0.442. The zero-order chi connectivity index (χ0) is 14.8. The van der Waals surface area contributed by atoms with Crippen LogP contribution in [0.4, 0.5) is 0 Å². The van der Waals surface area contributed by atoms with Crippen LogP contribution in [-0.4, -0.2) is 52.2 Å². The third-order valence-electron chi connectivity index (χ3n) is 2.47. The normalized spacial score (nSPS) is 13.6. The van der Waals surface area contributed by atoms with Gasteiger partial charge in [0.05, 0.1) is 6.04 Å². The second kappa shape index (κ2) is 9.62. The van der Waals surface area contributed by atoms with Gasteiger partial charge < -0.3 is 21.3 Å². The monoisotopic (exact) mass is 292 g/mol. The lowest BCUT2D eigenvalue weighted by molar-refractivity contribution is -0.142. The molecule has 8 heteroatoms. The molecule has 0 saturated heterocycles. The maximum absolute atomic E-state index is 11.6. The highest BCUT2D eigenvalue weighted by Crippen LogP contribution is 2.04. The fraction of sp³-hybridized carbons (Fsp3) is 0.727. The Morgan fingerprint density at radius 1 is 1.26 bits per heavy atom. The second-order valence-corrected chi connectivity index (χ2v) is 5.06. The number of carboxylic acids is 2. The number of carbonyl (C=O) groups is 3. The molecule has 0 aromatic heterocycles. The number of hydrogen-bond donors (Lipinski definition) is 4. The van der Waals surface area contributed by atoms with Gasteiger partial charge in [0.2, 0.25) is 5.91 Å². The van der Waals surface area contributed by atoms with Gasteiger partial charge in [-0.15, -0.1) is 0 Å². The minimum Gasteiger partial charge on any atom is -0.481 e. The summed E-state index contributed by atoms with van der Waals surface area (Å²) in [6, 6.07) is -1.83. The molecule has 110 valence electrons. The van der Waals surface area contributed by atoms with Crippen molar-refractivity contribution < 1.29 is 24.6 Å². The van der Waals surface area contributed by atoms with Crippen molar-refractivity contribution in [1.82, 2.24) is 5.32 Å². The maximum Gasteiger partial charge on any atom is 0.326 e. The molecule has 2 atom stereocenters. The van der Waals surface area contributed by atoms with Crippen molar-refractivity contribution in [3.63, 3.8) is 0 Å². The maximum atomic E-state index is 11.6. The molecule has 0 rings (SSSR count). The molecule has 0 radical (unpaired) electrons. The lowest BCUT2D eigenvalue weighted by Gasteiger charge is -2.17. The number of amides is 1. The molecule has 0 unspecified atom stereocenters. The van der Waals surface area contributed by atoms with E-state index < -0.39 is 29.9 Å². The van der Waals surface area contributed by atoms with Crippen LogP contribution >= 0.6 is 11.8 Å². The fourth-order valence-electron chi connectivity index (χ4n) is 1.37. The third kappa shape index (κ3) is 8.44. The van der Waals surface area contributed by atoms with E-state index in [1.807, 2.05) is 6.26 Å². The zero-order valence-electron chi connectivity index (χ0n) is 10.8. The molecular formula is C11H20N2O5S. The summed E-state index contributed by atoms with van der Waals surface area (Å²) in [5.74, 6) is -1.98. The predicted molar refractivity (Wildman–Crippen MR) is 72.0 cm³/mol. The number of nitrogens with two attached hydrogens (primary N) is 1. The molecular weight excluding hydrogens is 272 g/mol. The highest BCUT2D eigenvalue weighted by molar-refractivity contribution is 7.98. The average Bonchev–Trinajstić information content (AvgIpc) is 2.33. The van der Waals surface area contributed by atoms with Crippen LogP contribution in [0.2, 0.25) is 0 Å². The SMILES string of the molecule is CSCC[C@H](N)C(=O)N[C@H](CCCC(=O)O)C(=O)O. The summed E-state index contributed by atoms with van der Waals surface area (Å²) in [6.45, 7) is 0. The minimum atomic E-state index is -1.18. The van der Waals surface area contributed by atoms with Gasteiger partial charge in [-0.25, -0.2) is 4.79 Å². The van der Waals surface area contributed by atoms with Gasteiger partial charge in [0.15, 0.2) is 0 Å². The van der Waals surface area contributed by atoms with Gasteiger partial charge in [0.25, 0.3) is 0 Å². The number of carboxylic acid groups (broad SMARTS) is 2. The van der Waals surface area contributed by atoms with Crippen LogP contribution in [-0.2, 0) is 14.4 Å². The van der Waals surface area contributed by atoms with Gasteiger partial charge in [0, 0.05) is 6.42 Å². The van der Waals surface area contributed by atoms with Crippen LogP contribution in [0.1, 0.15) is 25.7 Å². The smallest absolute Gasteiger partial charge is 0.326 e. The van der Waals surface area contributed by atoms with Crippen LogP contribution in [0.5, 0.6) is 0 Å². The summed E-state index contributed by atoms with van der Waals surface area (Å²) in [4.78, 5) is 32.9. The van der Waals surface area contributed by atoms with Crippen molar-refractivity contribution in [3.8, 4) is 0 Å². The first-order chi connectivity index (χ1) is 8.88. The standard InChI is InChI=1S/C11H20N2O5S/c1-19-6-5-7(12)10(16)13-8(11(17)18)3-2-4-9(14)15/h7-8H,2-6,12H2,1H3,(H,13,16)(H,14,15)(H,17,18)/t7-,8+/m0/s1. The molecule has 1 amide bonds. The first-order valence-electron chi connectivity index (χ1n) is 5.88. The number of thioether (sulfide) groups is 1. The molecule has 0 bridgehead atoms. The molecule has 7 nitrogen and oxygen atoms in total. The Bertz CT molecular complexity index is 324. The van der Waals surface area contributed by atoms with E-state index in [2.05, 4.69) is 5.32 Å². The average molecular weight is 292 g/mol. The lowest BCUT2D eigenvalue weighted by Crippen LogP contribution is -2.48. The van der Waals surface area contributed by atoms with Crippen molar-refractivity contribution in [2.75, 3.05) is 12.0 Å². The van der Waals surface area contributed by atoms with Crippen molar-refractivity contribution in [3.05, 3.63) is 0 Å². The summed E-state index contributed by atoms with van der Waals surface area (Å²) in [5, 5.41) is 19.7. The van der Waals surface area contributed by atoms with Crippen LogP contribution in [0.15, 0.2) is 0 Å². The van der Waals surface area contributed by atoms with Gasteiger partial charge >= 0.3 is 11.9 Å². The topological polar surface area (TPSA) is 130 Å². The van der Waals surface area contributed by atoms with E-state index in [9.17, 15) is 14.4 Å². The Balaban J connectivity index is 4.21. The Morgan fingerprint density at radius 2 is 1.89 bits per heavy atom. The summed E-state index contributed by atoms with van der Waals surface area (Å²) in [7, 11) is 0. The highest BCUT2D eigenvalue weighted by Gasteiger charge is 2.22. The van der Waals surface area contributed by atoms with Crippen LogP contribution in [0.25, 0.3) is 0 Å². The van der Waals surface area contributed by atoms with Crippen molar-refractivity contribution in [2.45, 2.75) is 37.8 Å².